The van der Waals surface area contributed by atoms with Crippen molar-refractivity contribution in [3.8, 4) is 0 Å². The van der Waals surface area contributed by atoms with Crippen LogP contribution in [0.2, 0.25) is 0 Å². The number of hydroxylamine groups is 1. The molecule has 1 heterocycles. The van der Waals surface area contributed by atoms with Gasteiger partial charge in [0, 0.05) is 13.2 Å². The summed E-state index contributed by atoms with van der Waals surface area (Å²) >= 11 is 0. The van der Waals surface area contributed by atoms with Crippen LogP contribution in [0.4, 0.5) is 0 Å². The van der Waals surface area contributed by atoms with Gasteiger partial charge in [-0.25, -0.2) is 5.48 Å². The second-order valence-corrected chi connectivity index (χ2v) is 1.92. The fourth-order valence-electron chi connectivity index (χ4n) is 0.687. The van der Waals surface area contributed by atoms with Crippen molar-refractivity contribution in [2.75, 3.05) is 13.2 Å². The fraction of sp³-hybridized carbons (Fsp3) is 0.833. The minimum absolute atomic E-state index is 0.181. The van der Waals surface area contributed by atoms with Crippen molar-refractivity contribution in [2.24, 2.45) is 0 Å². The summed E-state index contributed by atoms with van der Waals surface area (Å²) in [5, 5.41) is 7.26. The highest BCUT2D eigenvalue weighted by atomic mass is 16.5. The van der Waals surface area contributed by atoms with Gasteiger partial charge in [0.25, 0.3) is 0 Å². The van der Waals surface area contributed by atoms with E-state index in [0.29, 0.717) is 0 Å². The minimum Gasteiger partial charge on any atom is -0.381 e. The molecule has 4 heteroatoms. The predicted molar refractivity (Wildman–Crippen MR) is 35.7 cm³/mol. The first-order valence-corrected chi connectivity index (χ1v) is 3.33. The van der Waals surface area contributed by atoms with Crippen molar-refractivity contribution in [1.29, 1.82) is 0 Å². The van der Waals surface area contributed by atoms with Crippen LogP contribution in [0.15, 0.2) is 0 Å². The maximum absolute atomic E-state index is 8.81. The minimum atomic E-state index is 0.181. The second kappa shape index (κ2) is 8.39. The number of carbonyl (C=O) groups excluding carboxylic acids is 1. The Balaban J connectivity index is 0.000000180. The van der Waals surface area contributed by atoms with Gasteiger partial charge < -0.3 is 4.74 Å². The second-order valence-electron chi connectivity index (χ2n) is 1.92. The average molecular weight is 147 g/mol. The molecule has 1 fully saturated rings. The summed E-state index contributed by atoms with van der Waals surface area (Å²) < 4.78 is 5.07. The van der Waals surface area contributed by atoms with E-state index in [0.717, 1.165) is 13.2 Å². The van der Waals surface area contributed by atoms with E-state index < -0.39 is 0 Å². The van der Waals surface area contributed by atoms with E-state index in [4.69, 9.17) is 14.7 Å². The highest BCUT2D eigenvalue weighted by molar-refractivity contribution is 5.43. The Hall–Kier alpha value is -0.610. The van der Waals surface area contributed by atoms with Gasteiger partial charge in [0.15, 0.2) is 0 Å². The molecule has 0 aromatic heterocycles. The van der Waals surface area contributed by atoms with Gasteiger partial charge in [0.1, 0.15) is 0 Å². The van der Waals surface area contributed by atoms with Crippen molar-refractivity contribution in [3.05, 3.63) is 0 Å². The van der Waals surface area contributed by atoms with Gasteiger partial charge in [-0.05, 0) is 19.3 Å². The van der Waals surface area contributed by atoms with Crippen molar-refractivity contribution in [1.82, 2.24) is 5.48 Å². The van der Waals surface area contributed by atoms with Crippen molar-refractivity contribution >= 4 is 6.41 Å². The molecular formula is C6H13NO3. The zero-order chi connectivity index (χ0) is 7.66. The Bertz CT molecular complexity index is 61.9. The molecule has 0 aliphatic carbocycles. The molecule has 0 saturated carbocycles. The van der Waals surface area contributed by atoms with Crippen LogP contribution in [-0.4, -0.2) is 24.8 Å². The number of amides is 1. The largest absolute Gasteiger partial charge is 0.381 e. The topological polar surface area (TPSA) is 58.6 Å². The van der Waals surface area contributed by atoms with E-state index in [9.17, 15) is 0 Å². The van der Waals surface area contributed by atoms with E-state index in [1.54, 1.807) is 0 Å². The molecule has 2 N–H and O–H groups in total. The van der Waals surface area contributed by atoms with Crippen LogP contribution >= 0.6 is 0 Å². The Morgan fingerprint density at radius 3 is 1.90 bits per heavy atom. The molecule has 1 rings (SSSR count). The third-order valence-electron chi connectivity index (χ3n) is 1.13. The molecule has 1 aliphatic heterocycles. The van der Waals surface area contributed by atoms with Crippen molar-refractivity contribution in [3.63, 3.8) is 0 Å². The molecule has 0 atom stereocenters. The molecule has 0 bridgehead atoms. The zero-order valence-electron chi connectivity index (χ0n) is 5.88. The number of rotatable bonds is 1. The summed E-state index contributed by atoms with van der Waals surface area (Å²) in [5.41, 5.74) is 1.25. The molecule has 0 spiro atoms. The highest BCUT2D eigenvalue weighted by Crippen LogP contribution is 2.02. The summed E-state index contributed by atoms with van der Waals surface area (Å²) in [6.07, 6.45) is 4.11. The van der Waals surface area contributed by atoms with E-state index in [2.05, 4.69) is 0 Å². The first kappa shape index (κ1) is 9.39. The van der Waals surface area contributed by atoms with Crippen LogP contribution in [0.25, 0.3) is 0 Å². The Morgan fingerprint density at radius 2 is 1.80 bits per heavy atom. The molecule has 0 radical (unpaired) electrons. The Kier molecular flexibility index (Phi) is 7.88. The lowest BCUT2D eigenvalue weighted by atomic mass is 10.2. The van der Waals surface area contributed by atoms with Crippen molar-refractivity contribution in [2.45, 2.75) is 19.3 Å². The van der Waals surface area contributed by atoms with Crippen LogP contribution in [0.1, 0.15) is 19.3 Å². The quantitative estimate of drug-likeness (QED) is 0.319. The van der Waals surface area contributed by atoms with E-state index in [-0.39, 0.29) is 6.41 Å². The summed E-state index contributed by atoms with van der Waals surface area (Å²) in [7, 11) is 0. The molecule has 1 aliphatic rings. The fourth-order valence-corrected chi connectivity index (χ4v) is 0.687. The molecule has 1 saturated heterocycles. The van der Waals surface area contributed by atoms with Gasteiger partial charge in [-0.15, -0.1) is 0 Å². The Labute approximate surface area is 60.1 Å². The summed E-state index contributed by atoms with van der Waals surface area (Å²) in [4.78, 5) is 8.81. The van der Waals surface area contributed by atoms with Crippen LogP contribution in [0.5, 0.6) is 0 Å². The average Bonchev–Trinajstić information content (AvgIpc) is 2.08. The lowest BCUT2D eigenvalue weighted by molar-refractivity contribution is -0.116. The van der Waals surface area contributed by atoms with E-state index in [1.807, 2.05) is 0 Å². The molecule has 10 heavy (non-hydrogen) atoms. The maximum atomic E-state index is 8.81. The summed E-state index contributed by atoms with van der Waals surface area (Å²) in [6, 6.07) is 0. The van der Waals surface area contributed by atoms with Crippen LogP contribution in [0.3, 0.4) is 0 Å². The lowest BCUT2D eigenvalue weighted by Crippen LogP contribution is -2.03. The molecule has 4 nitrogen and oxygen atoms in total. The number of carbonyl (C=O) groups is 1. The third kappa shape index (κ3) is 7.39. The zero-order valence-corrected chi connectivity index (χ0v) is 5.88. The van der Waals surface area contributed by atoms with Gasteiger partial charge in [0.05, 0.1) is 0 Å². The Morgan fingerprint density at radius 1 is 1.30 bits per heavy atom. The maximum Gasteiger partial charge on any atom is 0.230 e. The number of hydrogen-bond donors (Lipinski definition) is 2. The van der Waals surface area contributed by atoms with Gasteiger partial charge in [0.2, 0.25) is 6.41 Å². The van der Waals surface area contributed by atoms with E-state index in [1.165, 1.54) is 24.7 Å². The summed E-state index contributed by atoms with van der Waals surface area (Å²) in [5.74, 6) is 0. The van der Waals surface area contributed by atoms with Crippen LogP contribution in [0, 0.1) is 0 Å². The van der Waals surface area contributed by atoms with Gasteiger partial charge in [-0.3, -0.25) is 10.0 Å². The van der Waals surface area contributed by atoms with Crippen LogP contribution in [-0.2, 0) is 9.53 Å². The first-order chi connectivity index (χ1) is 4.91. The number of nitrogens with one attached hydrogen (secondary N) is 1. The SMILES string of the molecule is C1CCOCC1.O=CNO. The first-order valence-electron chi connectivity index (χ1n) is 3.33. The third-order valence-corrected chi connectivity index (χ3v) is 1.13. The number of ether oxygens (including phenoxy) is 1. The normalized spacial score (nSPS) is 16.5. The van der Waals surface area contributed by atoms with Gasteiger partial charge in [-0.1, -0.05) is 0 Å². The molecule has 0 aromatic rings. The highest BCUT2D eigenvalue weighted by Gasteiger charge is 1.94. The molecule has 0 aromatic carbocycles. The predicted octanol–water partition coefficient (Wildman–Crippen LogP) is 0.308. The molecule has 60 valence electrons. The van der Waals surface area contributed by atoms with Gasteiger partial charge >= 0.3 is 0 Å². The van der Waals surface area contributed by atoms with E-state index >= 15 is 0 Å². The summed E-state index contributed by atoms with van der Waals surface area (Å²) in [6.45, 7) is 2.00. The van der Waals surface area contributed by atoms with Crippen molar-refractivity contribution < 1.29 is 14.7 Å². The monoisotopic (exact) mass is 147 g/mol. The van der Waals surface area contributed by atoms with Gasteiger partial charge in [-0.2, -0.15) is 0 Å². The smallest absolute Gasteiger partial charge is 0.230 e. The molecule has 1 amide bonds. The lowest BCUT2D eigenvalue weighted by Gasteiger charge is -2.08. The molecular weight excluding hydrogens is 134 g/mol. The number of hydrogen-bond acceptors (Lipinski definition) is 3. The molecule has 0 unspecified atom stereocenters. The van der Waals surface area contributed by atoms with Crippen LogP contribution < -0.4 is 5.48 Å². The standard InChI is InChI=1S/C5H10O.CH3NO2/c1-2-4-6-5-3-1;3-1-2-4/h1-5H2;1,4H,(H,2,3).